The highest BCUT2D eigenvalue weighted by Crippen LogP contribution is 2.57. The largest absolute Gasteiger partial charge is 0.530 e. The Morgan fingerprint density at radius 1 is 1.50 bits per heavy atom. The standard InChI is InChI=1S/C17H18FN2O9P/c1-25-12-4-2-3-10-8-26-30(24,29-14(10)12)27-9-17(18)7-11(21)15(28-17)20-6-5-13(22)19-16(20)23/h2-6,11,15,21H,7-9H2,1H3,(H,19,22,23)/t11-,15-,17+,30?/m1/s1/i9D2,15D. The molecule has 4 atom stereocenters. The molecule has 0 bridgehead atoms. The summed E-state index contributed by atoms with van der Waals surface area (Å²) in [5.74, 6) is -3.50. The number of aliphatic hydroxyl groups excluding tert-OH is 1. The van der Waals surface area contributed by atoms with Gasteiger partial charge in [0.1, 0.15) is 12.7 Å². The van der Waals surface area contributed by atoms with Crippen LogP contribution in [0.25, 0.3) is 0 Å². The molecule has 3 heterocycles. The number of ether oxygens (including phenoxy) is 2. The predicted molar refractivity (Wildman–Crippen MR) is 97.9 cm³/mol. The average Bonchev–Trinajstić information content (AvgIpc) is 2.97. The summed E-state index contributed by atoms with van der Waals surface area (Å²) in [5, 5.41) is 10.3. The molecular formula is C17H18FN2O9P. The van der Waals surface area contributed by atoms with Crippen LogP contribution in [0.5, 0.6) is 11.5 Å². The highest BCUT2D eigenvalue weighted by molar-refractivity contribution is 7.49. The Hall–Kier alpha value is -2.50. The van der Waals surface area contributed by atoms with Gasteiger partial charge in [0.05, 0.1) is 17.8 Å². The van der Waals surface area contributed by atoms with Crippen molar-refractivity contribution in [1.82, 2.24) is 9.55 Å². The van der Waals surface area contributed by atoms with E-state index in [1.807, 2.05) is 4.98 Å². The van der Waals surface area contributed by atoms with E-state index in [0.29, 0.717) is 10.1 Å². The fourth-order valence-corrected chi connectivity index (χ4v) is 3.99. The van der Waals surface area contributed by atoms with Crippen LogP contribution in [0.15, 0.2) is 40.1 Å². The molecule has 0 amide bonds. The molecule has 0 aliphatic carbocycles. The van der Waals surface area contributed by atoms with Gasteiger partial charge in [0.15, 0.2) is 17.7 Å². The van der Waals surface area contributed by atoms with Crippen LogP contribution >= 0.6 is 7.82 Å². The predicted octanol–water partition coefficient (Wildman–Crippen LogP) is 1.22. The SMILES string of the molecule is [2H]C([2H])(OP1(=O)OCc2cccc(OC)c2O1)[C@]1(F)C[C@@H](O)[C@]([2H])(n2ccc(=O)[nH]c2=O)O1. The molecule has 0 radical (unpaired) electrons. The van der Waals surface area contributed by atoms with E-state index in [2.05, 4.69) is 0 Å². The number of para-hydroxylation sites is 1. The maximum Gasteiger partial charge on any atom is 0.530 e. The van der Waals surface area contributed by atoms with E-state index in [-0.39, 0.29) is 18.1 Å². The summed E-state index contributed by atoms with van der Waals surface area (Å²) in [7, 11) is -3.47. The molecule has 1 saturated heterocycles. The Labute approximate surface area is 172 Å². The third-order valence-electron chi connectivity index (χ3n) is 4.24. The Bertz CT molecular complexity index is 1240. The Kier molecular flexibility index (Phi) is 4.38. The molecule has 13 heteroatoms. The number of rotatable bonds is 5. The van der Waals surface area contributed by atoms with Crippen molar-refractivity contribution in [1.29, 1.82) is 0 Å². The van der Waals surface area contributed by atoms with Gasteiger partial charge in [-0.15, -0.1) is 0 Å². The van der Waals surface area contributed by atoms with Crippen LogP contribution in [0.4, 0.5) is 4.39 Å². The van der Waals surface area contributed by atoms with Crippen LogP contribution in [0.3, 0.4) is 0 Å². The van der Waals surface area contributed by atoms with Crippen LogP contribution in [0.1, 0.15) is 22.3 Å². The van der Waals surface area contributed by atoms with E-state index >= 15 is 4.39 Å². The molecule has 0 saturated carbocycles. The summed E-state index contributed by atoms with van der Waals surface area (Å²) in [5.41, 5.74) is -1.62. The first-order valence-electron chi connectivity index (χ1n) is 10.0. The van der Waals surface area contributed by atoms with Gasteiger partial charge in [-0.1, -0.05) is 12.1 Å². The van der Waals surface area contributed by atoms with Gasteiger partial charge < -0.3 is 19.1 Å². The smallest absolute Gasteiger partial charge is 0.493 e. The van der Waals surface area contributed by atoms with Crippen molar-refractivity contribution in [2.75, 3.05) is 13.7 Å². The molecule has 162 valence electrons. The maximum absolute atomic E-state index is 15.7. The van der Waals surface area contributed by atoms with Gasteiger partial charge in [0.25, 0.3) is 5.56 Å². The van der Waals surface area contributed by atoms with Gasteiger partial charge in [0, 0.05) is 24.2 Å². The number of phosphoric acid groups is 1. The zero-order valence-electron chi connectivity index (χ0n) is 18.4. The molecule has 11 nitrogen and oxygen atoms in total. The summed E-state index contributed by atoms with van der Waals surface area (Å²) in [6.45, 7) is -3.94. The van der Waals surface area contributed by atoms with Crippen LogP contribution in [-0.2, 0) is 25.0 Å². The lowest BCUT2D eigenvalue weighted by Gasteiger charge is -2.28. The first kappa shape index (κ1) is 17.2. The minimum atomic E-state index is -4.79. The zero-order chi connectivity index (χ0) is 24.2. The van der Waals surface area contributed by atoms with Gasteiger partial charge in [-0.25, -0.2) is 13.8 Å². The van der Waals surface area contributed by atoms with Crippen LogP contribution < -0.4 is 20.5 Å². The van der Waals surface area contributed by atoms with Gasteiger partial charge in [-0.05, 0) is 6.07 Å². The van der Waals surface area contributed by atoms with E-state index < -0.39 is 50.2 Å². The number of aromatic nitrogens is 2. The number of methoxy groups -OCH3 is 1. The summed E-state index contributed by atoms with van der Waals surface area (Å²) in [6, 6.07) is 5.48. The Morgan fingerprint density at radius 2 is 2.30 bits per heavy atom. The number of aromatic amines is 1. The molecule has 2 N–H and O–H groups in total. The molecule has 2 aliphatic heterocycles. The number of benzene rings is 1. The summed E-state index contributed by atoms with van der Waals surface area (Å²) >= 11 is 0. The van der Waals surface area contributed by atoms with Gasteiger partial charge >= 0.3 is 13.5 Å². The minimum absolute atomic E-state index is 0.0553. The first-order valence-corrected chi connectivity index (χ1v) is 9.99. The highest BCUT2D eigenvalue weighted by Gasteiger charge is 2.50. The molecule has 0 spiro atoms. The van der Waals surface area contributed by atoms with E-state index in [9.17, 15) is 19.3 Å². The second-order valence-electron chi connectivity index (χ2n) is 6.32. The van der Waals surface area contributed by atoms with Crippen LogP contribution in [0, 0.1) is 0 Å². The minimum Gasteiger partial charge on any atom is -0.493 e. The van der Waals surface area contributed by atoms with Crippen molar-refractivity contribution in [3.8, 4) is 11.5 Å². The van der Waals surface area contributed by atoms with Crippen molar-refractivity contribution in [3.05, 3.63) is 56.9 Å². The zero-order valence-corrected chi connectivity index (χ0v) is 16.3. The molecule has 1 aromatic heterocycles. The fraction of sp³-hybridized carbons (Fsp3) is 0.412. The summed E-state index contributed by atoms with van der Waals surface area (Å²) in [4.78, 5) is 25.1. The number of fused-ring (bicyclic) bond motifs is 1. The van der Waals surface area contributed by atoms with Crippen molar-refractivity contribution in [2.45, 2.75) is 31.2 Å². The van der Waals surface area contributed by atoms with Crippen molar-refractivity contribution < 1.29 is 41.2 Å². The number of hydrogen-bond acceptors (Lipinski definition) is 9. The number of nitrogens with one attached hydrogen (secondary N) is 1. The second kappa shape index (κ2) is 7.64. The molecule has 2 aliphatic rings. The van der Waals surface area contributed by atoms with E-state index in [1.165, 1.54) is 13.2 Å². The summed E-state index contributed by atoms with van der Waals surface area (Å²) in [6.07, 6.45) is -5.40. The molecule has 1 fully saturated rings. The van der Waals surface area contributed by atoms with Gasteiger partial charge in [-0.3, -0.25) is 23.4 Å². The van der Waals surface area contributed by atoms with Gasteiger partial charge in [-0.2, -0.15) is 0 Å². The molecule has 4 rings (SSSR count). The lowest BCUT2D eigenvalue weighted by atomic mass is 10.2. The molecule has 1 unspecified atom stereocenters. The molecule has 1 aromatic carbocycles. The number of phosphoric ester groups is 1. The molecular weight excluding hydrogens is 426 g/mol. The number of hydrogen-bond donors (Lipinski definition) is 2. The highest BCUT2D eigenvalue weighted by atomic mass is 31.2. The van der Waals surface area contributed by atoms with Crippen molar-refractivity contribution in [3.63, 3.8) is 0 Å². The lowest BCUT2D eigenvalue weighted by molar-refractivity contribution is -0.179. The fourth-order valence-electron chi connectivity index (χ4n) is 2.87. The van der Waals surface area contributed by atoms with E-state index in [1.54, 1.807) is 12.1 Å². The number of halogens is 1. The normalized spacial score (nSPS) is 34.9. The Balaban J connectivity index is 1.63. The molecule has 30 heavy (non-hydrogen) atoms. The number of H-pyrrole nitrogens is 1. The molecule has 2 aromatic rings. The van der Waals surface area contributed by atoms with Gasteiger partial charge in [0.2, 0.25) is 5.85 Å². The monoisotopic (exact) mass is 447 g/mol. The van der Waals surface area contributed by atoms with E-state index in [0.717, 1.165) is 12.3 Å². The van der Waals surface area contributed by atoms with E-state index in [4.69, 9.17) is 27.2 Å². The lowest BCUT2D eigenvalue weighted by Crippen LogP contribution is -2.35. The van der Waals surface area contributed by atoms with Crippen molar-refractivity contribution >= 4 is 7.82 Å². The van der Waals surface area contributed by atoms with Crippen molar-refractivity contribution in [2.24, 2.45) is 0 Å². The number of alkyl halides is 1. The quantitative estimate of drug-likeness (QED) is 0.648. The Morgan fingerprint density at radius 3 is 3.03 bits per heavy atom. The third kappa shape index (κ3) is 3.92. The summed E-state index contributed by atoms with van der Waals surface area (Å²) < 4.78 is 78.3. The topological polar surface area (TPSA) is 138 Å². The first-order chi connectivity index (χ1) is 15.3. The van der Waals surface area contributed by atoms with Crippen LogP contribution in [-0.4, -0.2) is 40.3 Å². The number of nitrogens with zero attached hydrogens (tertiary/aromatic N) is 1. The average molecular weight is 447 g/mol. The van der Waals surface area contributed by atoms with Crippen LogP contribution in [0.2, 0.25) is 0 Å². The number of aliphatic hydroxyl groups is 1. The second-order valence-corrected chi connectivity index (χ2v) is 7.84. The maximum atomic E-state index is 15.7. The third-order valence-corrected chi connectivity index (χ3v) is 5.41.